The molecule has 0 radical (unpaired) electrons. The molecule has 0 spiro atoms. The summed E-state index contributed by atoms with van der Waals surface area (Å²) in [5.74, 6) is -0.0528. The summed E-state index contributed by atoms with van der Waals surface area (Å²) in [7, 11) is 0. The Hall–Kier alpha value is -1.64. The smallest absolute Gasteiger partial charge is 0.124 e. The van der Waals surface area contributed by atoms with E-state index in [2.05, 4.69) is 24.9 Å². The van der Waals surface area contributed by atoms with E-state index >= 15 is 0 Å². The minimum atomic E-state index is -0.0528. The maximum Gasteiger partial charge on any atom is 0.124 e. The molecule has 0 bridgehead atoms. The molecule has 0 N–H and O–H groups in total. The quantitative estimate of drug-likeness (QED) is 0.731. The van der Waals surface area contributed by atoms with Crippen LogP contribution in [0.15, 0.2) is 36.6 Å². The number of allylic oxidation sites excluding steroid dienone is 6. The molecule has 19 heavy (non-hydrogen) atoms. The third kappa shape index (κ3) is 3.22. The highest BCUT2D eigenvalue weighted by Crippen LogP contribution is 2.26. The molecule has 3 heteroatoms. The van der Waals surface area contributed by atoms with Gasteiger partial charge < -0.3 is 4.57 Å². The molecule has 0 unspecified atom stereocenters. The van der Waals surface area contributed by atoms with Gasteiger partial charge in [-0.15, -0.1) is 0 Å². The molecule has 0 aliphatic heterocycles. The predicted molar refractivity (Wildman–Crippen MR) is 78.1 cm³/mol. The van der Waals surface area contributed by atoms with E-state index < -0.39 is 0 Å². The highest BCUT2D eigenvalue weighted by molar-refractivity contribution is 5.65. The van der Waals surface area contributed by atoms with Crippen molar-refractivity contribution < 1.29 is 4.39 Å². The van der Waals surface area contributed by atoms with Gasteiger partial charge in [0.25, 0.3) is 0 Å². The van der Waals surface area contributed by atoms with Gasteiger partial charge in [0, 0.05) is 12.6 Å². The normalized spacial score (nSPS) is 16.3. The molecule has 0 aromatic carbocycles. The van der Waals surface area contributed by atoms with Gasteiger partial charge in [-0.1, -0.05) is 32.4 Å². The first-order valence-electron chi connectivity index (χ1n) is 7.05. The Bertz CT molecular complexity index is 521. The molecule has 2 rings (SSSR count). The van der Waals surface area contributed by atoms with E-state index in [1.54, 1.807) is 10.9 Å². The number of hydrogen-bond donors (Lipinski definition) is 0. The van der Waals surface area contributed by atoms with Gasteiger partial charge in [-0.25, -0.2) is 9.37 Å². The van der Waals surface area contributed by atoms with Crippen molar-refractivity contribution in [1.29, 1.82) is 0 Å². The van der Waals surface area contributed by atoms with E-state index in [0.29, 0.717) is 12.1 Å². The molecule has 0 saturated heterocycles. The van der Waals surface area contributed by atoms with Crippen LogP contribution in [0.2, 0.25) is 0 Å². The van der Waals surface area contributed by atoms with Crippen LogP contribution in [-0.2, 0) is 0 Å². The topological polar surface area (TPSA) is 17.8 Å². The van der Waals surface area contributed by atoms with Crippen molar-refractivity contribution in [3.63, 3.8) is 0 Å². The Morgan fingerprint density at radius 1 is 1.47 bits per heavy atom. The van der Waals surface area contributed by atoms with Gasteiger partial charge in [-0.3, -0.25) is 0 Å². The lowest BCUT2D eigenvalue weighted by Crippen LogP contribution is -1.97. The summed E-state index contributed by atoms with van der Waals surface area (Å²) in [6.45, 7) is 4.28. The zero-order chi connectivity index (χ0) is 13.7. The molecule has 1 aromatic rings. The summed E-state index contributed by atoms with van der Waals surface area (Å²) >= 11 is 0. The lowest BCUT2D eigenvalue weighted by molar-refractivity contribution is 0.586. The van der Waals surface area contributed by atoms with Crippen LogP contribution in [0, 0.1) is 0 Å². The molecule has 0 amide bonds. The Morgan fingerprint density at radius 2 is 2.32 bits per heavy atom. The Labute approximate surface area is 114 Å². The number of hydrogen-bond acceptors (Lipinski definition) is 1. The third-order valence-corrected chi connectivity index (χ3v) is 3.24. The van der Waals surface area contributed by atoms with Crippen LogP contribution in [0.4, 0.5) is 4.39 Å². The zero-order valence-corrected chi connectivity index (χ0v) is 11.7. The molecule has 102 valence electrons. The van der Waals surface area contributed by atoms with Crippen LogP contribution < -0.4 is 0 Å². The Balaban J connectivity index is 2.28. The summed E-state index contributed by atoms with van der Waals surface area (Å²) in [6.07, 6.45) is 14.1. The van der Waals surface area contributed by atoms with Gasteiger partial charge in [0.05, 0.1) is 17.7 Å². The monoisotopic (exact) mass is 260 g/mol. The minimum Gasteiger partial charge on any atom is -0.303 e. The van der Waals surface area contributed by atoms with Crippen molar-refractivity contribution >= 4 is 11.3 Å². The second kappa shape index (κ2) is 6.50. The summed E-state index contributed by atoms with van der Waals surface area (Å²) in [5.41, 5.74) is 2.84. The summed E-state index contributed by atoms with van der Waals surface area (Å²) in [5, 5.41) is 0. The molecule has 0 atom stereocenters. The number of halogens is 1. The predicted octanol–water partition coefficient (Wildman–Crippen LogP) is 4.96. The lowest BCUT2D eigenvalue weighted by Gasteiger charge is -2.09. The van der Waals surface area contributed by atoms with Gasteiger partial charge in [0.2, 0.25) is 0 Å². The van der Waals surface area contributed by atoms with E-state index in [1.807, 2.05) is 18.3 Å². The summed E-state index contributed by atoms with van der Waals surface area (Å²) < 4.78 is 15.6. The summed E-state index contributed by atoms with van der Waals surface area (Å²) in [4.78, 5) is 4.42. The maximum absolute atomic E-state index is 13.8. The first kappa shape index (κ1) is 13.8. The van der Waals surface area contributed by atoms with E-state index in [4.69, 9.17) is 0 Å². The average molecular weight is 260 g/mol. The molecule has 2 nitrogen and oxygen atoms in total. The molecular formula is C16H21FN2. The second-order valence-corrected chi connectivity index (χ2v) is 4.78. The standard InChI is InChI=1S/C16H21FN2/c1-3-7-13(8-4-2)15-11-19(12-18-15)16-10-6-5-9-14(16)17/h6-7,10-12H,3-5,8-9H2,1-2H3/b13-7+. The number of aromatic nitrogens is 2. The number of nitrogens with zero attached hydrogens (tertiary/aromatic N) is 2. The van der Waals surface area contributed by atoms with Crippen LogP contribution in [-0.4, -0.2) is 9.55 Å². The Kier molecular flexibility index (Phi) is 4.72. The average Bonchev–Trinajstić information content (AvgIpc) is 2.88. The van der Waals surface area contributed by atoms with Crippen molar-refractivity contribution in [3.05, 3.63) is 42.3 Å². The van der Waals surface area contributed by atoms with Crippen molar-refractivity contribution in [1.82, 2.24) is 9.55 Å². The minimum absolute atomic E-state index is 0.0528. The number of imidazole rings is 1. The van der Waals surface area contributed by atoms with Crippen LogP contribution in [0.25, 0.3) is 11.3 Å². The fourth-order valence-corrected chi connectivity index (χ4v) is 2.32. The molecule has 1 aliphatic carbocycles. The zero-order valence-electron chi connectivity index (χ0n) is 11.7. The van der Waals surface area contributed by atoms with Crippen LogP contribution in [0.3, 0.4) is 0 Å². The first-order valence-corrected chi connectivity index (χ1v) is 7.05. The molecule has 1 aromatic heterocycles. The fraction of sp³-hybridized carbons (Fsp3) is 0.438. The molecule has 0 saturated carbocycles. The van der Waals surface area contributed by atoms with Gasteiger partial charge in [-0.2, -0.15) is 0 Å². The summed E-state index contributed by atoms with van der Waals surface area (Å²) in [6, 6.07) is 0. The molecular weight excluding hydrogens is 239 g/mol. The van der Waals surface area contributed by atoms with Gasteiger partial charge in [0.1, 0.15) is 5.83 Å². The van der Waals surface area contributed by atoms with Crippen molar-refractivity contribution in [2.24, 2.45) is 0 Å². The van der Waals surface area contributed by atoms with E-state index in [9.17, 15) is 4.39 Å². The fourth-order valence-electron chi connectivity index (χ4n) is 2.32. The first-order chi connectivity index (χ1) is 9.26. The van der Waals surface area contributed by atoms with Crippen LogP contribution >= 0.6 is 0 Å². The van der Waals surface area contributed by atoms with E-state index in [1.165, 1.54) is 5.57 Å². The lowest BCUT2D eigenvalue weighted by atomic mass is 10.1. The van der Waals surface area contributed by atoms with Crippen LogP contribution in [0.5, 0.6) is 0 Å². The molecule has 1 heterocycles. The third-order valence-electron chi connectivity index (χ3n) is 3.24. The molecule has 1 aliphatic rings. The highest BCUT2D eigenvalue weighted by Gasteiger charge is 2.11. The van der Waals surface area contributed by atoms with Gasteiger partial charge in [0.15, 0.2) is 0 Å². The number of rotatable bonds is 5. The van der Waals surface area contributed by atoms with Crippen LogP contribution in [0.1, 0.15) is 51.6 Å². The van der Waals surface area contributed by atoms with Gasteiger partial charge in [-0.05, 0) is 30.9 Å². The highest BCUT2D eigenvalue weighted by atomic mass is 19.1. The van der Waals surface area contributed by atoms with Crippen molar-refractivity contribution in [2.45, 2.75) is 46.0 Å². The van der Waals surface area contributed by atoms with E-state index in [-0.39, 0.29) is 5.83 Å². The molecule has 0 fully saturated rings. The SMILES string of the molecule is CC/C=C(\CCC)c1cn(C2=C(F)CCC=C2)cn1. The van der Waals surface area contributed by atoms with Gasteiger partial charge >= 0.3 is 0 Å². The van der Waals surface area contributed by atoms with Crippen molar-refractivity contribution in [2.75, 3.05) is 0 Å². The van der Waals surface area contributed by atoms with E-state index in [0.717, 1.165) is 31.4 Å². The van der Waals surface area contributed by atoms with Crippen molar-refractivity contribution in [3.8, 4) is 0 Å². The maximum atomic E-state index is 13.8. The largest absolute Gasteiger partial charge is 0.303 e. The Morgan fingerprint density at radius 3 is 3.00 bits per heavy atom. The second-order valence-electron chi connectivity index (χ2n) is 4.78.